The molecule has 3 rings (SSSR count). The molecular weight excluding hydrogens is 504 g/mol. The molecular formula is C27H32N6O6. The SMILES string of the molecule is NC(Cc1ccccc1)C(=O)NC(Cc1ccccc1)C(=O)NC(CO)C(=O)NC(Cc1cnc[nH]1)C(=O)O. The highest BCUT2D eigenvalue weighted by molar-refractivity contribution is 5.94. The fraction of sp³-hybridized carbons (Fsp3) is 0.296. The molecule has 4 atom stereocenters. The van der Waals surface area contributed by atoms with Crippen molar-refractivity contribution >= 4 is 23.7 Å². The summed E-state index contributed by atoms with van der Waals surface area (Å²) in [4.78, 5) is 57.1. The Bertz CT molecular complexity index is 1220. The van der Waals surface area contributed by atoms with E-state index in [2.05, 4.69) is 25.9 Å². The van der Waals surface area contributed by atoms with Gasteiger partial charge in [0.05, 0.1) is 19.0 Å². The van der Waals surface area contributed by atoms with Crippen molar-refractivity contribution < 1.29 is 29.4 Å². The Labute approximate surface area is 225 Å². The molecule has 0 aliphatic heterocycles. The molecule has 3 aromatic rings. The predicted octanol–water partition coefficient (Wildman–Crippen LogP) is -0.704. The Kier molecular flexibility index (Phi) is 10.7. The van der Waals surface area contributed by atoms with Gasteiger partial charge in [-0.1, -0.05) is 60.7 Å². The van der Waals surface area contributed by atoms with Crippen LogP contribution in [-0.4, -0.2) is 74.6 Å². The minimum atomic E-state index is -1.46. The Balaban J connectivity index is 1.69. The first-order valence-corrected chi connectivity index (χ1v) is 12.3. The molecule has 0 saturated heterocycles. The van der Waals surface area contributed by atoms with E-state index in [1.807, 2.05) is 30.3 Å². The van der Waals surface area contributed by atoms with Gasteiger partial charge in [0.1, 0.15) is 18.1 Å². The molecule has 39 heavy (non-hydrogen) atoms. The average Bonchev–Trinajstić information content (AvgIpc) is 3.45. The minimum absolute atomic E-state index is 0.0842. The van der Waals surface area contributed by atoms with Crippen molar-refractivity contribution in [1.82, 2.24) is 25.9 Å². The first-order valence-electron chi connectivity index (χ1n) is 12.3. The number of aliphatic carboxylic acids is 1. The third kappa shape index (κ3) is 9.05. The van der Waals surface area contributed by atoms with Gasteiger partial charge < -0.3 is 36.9 Å². The van der Waals surface area contributed by atoms with E-state index in [-0.39, 0.29) is 19.3 Å². The van der Waals surface area contributed by atoms with Gasteiger partial charge in [-0.2, -0.15) is 0 Å². The minimum Gasteiger partial charge on any atom is -0.480 e. The van der Waals surface area contributed by atoms with Crippen molar-refractivity contribution in [3.05, 3.63) is 90.0 Å². The number of carbonyl (C=O) groups is 4. The van der Waals surface area contributed by atoms with Crippen LogP contribution in [0.1, 0.15) is 16.8 Å². The number of aliphatic hydroxyl groups excluding tert-OH is 1. The number of carboxylic acids is 1. The van der Waals surface area contributed by atoms with Crippen molar-refractivity contribution in [2.24, 2.45) is 5.73 Å². The van der Waals surface area contributed by atoms with Crippen LogP contribution < -0.4 is 21.7 Å². The maximum Gasteiger partial charge on any atom is 0.326 e. The summed E-state index contributed by atoms with van der Waals surface area (Å²) >= 11 is 0. The summed E-state index contributed by atoms with van der Waals surface area (Å²) in [6, 6.07) is 13.2. The predicted molar refractivity (Wildman–Crippen MR) is 141 cm³/mol. The molecule has 12 nitrogen and oxygen atoms in total. The lowest BCUT2D eigenvalue weighted by Crippen LogP contribution is -2.58. The summed E-state index contributed by atoms with van der Waals surface area (Å²) < 4.78 is 0. The number of imidazole rings is 1. The largest absolute Gasteiger partial charge is 0.480 e. The normalized spacial score (nSPS) is 13.9. The molecule has 3 amide bonds. The van der Waals surface area contributed by atoms with Crippen molar-refractivity contribution in [2.45, 2.75) is 43.4 Å². The number of hydrogen-bond donors (Lipinski definition) is 7. The summed E-state index contributed by atoms with van der Waals surface area (Å²) in [6.07, 6.45) is 3.06. The van der Waals surface area contributed by atoms with Crippen LogP contribution in [-0.2, 0) is 38.4 Å². The maximum absolute atomic E-state index is 13.2. The first-order chi connectivity index (χ1) is 18.8. The second-order valence-electron chi connectivity index (χ2n) is 8.97. The standard InChI is InChI=1S/C27H32N6O6/c28-20(11-17-7-3-1-4-8-17)24(35)31-21(12-18-9-5-2-6-10-18)25(36)33-23(15-34)26(37)32-22(27(38)39)13-19-14-29-16-30-19/h1-10,14,16,20-23,34H,11-13,15,28H2,(H,29,30)(H,31,35)(H,32,37)(H,33,36)(H,38,39). The number of aliphatic hydroxyl groups is 1. The Morgan fingerprint density at radius 1 is 0.769 bits per heavy atom. The van der Waals surface area contributed by atoms with E-state index in [4.69, 9.17) is 5.73 Å². The molecule has 4 unspecified atom stereocenters. The van der Waals surface area contributed by atoms with E-state index in [0.717, 1.165) is 11.1 Å². The summed E-state index contributed by atoms with van der Waals surface area (Å²) in [5, 5.41) is 26.7. The number of aromatic nitrogens is 2. The van der Waals surface area contributed by atoms with Crippen LogP contribution in [0.25, 0.3) is 0 Å². The molecule has 8 N–H and O–H groups in total. The van der Waals surface area contributed by atoms with E-state index in [1.165, 1.54) is 12.5 Å². The van der Waals surface area contributed by atoms with Crippen molar-refractivity contribution in [1.29, 1.82) is 0 Å². The lowest BCUT2D eigenvalue weighted by molar-refractivity contribution is -0.142. The van der Waals surface area contributed by atoms with E-state index in [1.54, 1.807) is 30.3 Å². The first kappa shape index (κ1) is 29.0. The molecule has 1 heterocycles. The zero-order valence-corrected chi connectivity index (χ0v) is 21.1. The lowest BCUT2D eigenvalue weighted by atomic mass is 10.0. The Morgan fingerprint density at radius 3 is 1.85 bits per heavy atom. The van der Waals surface area contributed by atoms with Gasteiger partial charge >= 0.3 is 5.97 Å². The van der Waals surface area contributed by atoms with Crippen LogP contribution in [0.5, 0.6) is 0 Å². The summed E-state index contributed by atoms with van der Waals surface area (Å²) in [5.74, 6) is -3.51. The van der Waals surface area contributed by atoms with Crippen molar-refractivity contribution in [3.8, 4) is 0 Å². The molecule has 206 valence electrons. The molecule has 0 fully saturated rings. The van der Waals surface area contributed by atoms with Crippen LogP contribution >= 0.6 is 0 Å². The second kappa shape index (κ2) is 14.4. The molecule has 0 aliphatic carbocycles. The number of nitrogens with two attached hydrogens (primary N) is 1. The van der Waals surface area contributed by atoms with Crippen molar-refractivity contribution in [3.63, 3.8) is 0 Å². The topological polar surface area (TPSA) is 200 Å². The van der Waals surface area contributed by atoms with Gasteiger partial charge in [0.2, 0.25) is 17.7 Å². The average molecular weight is 537 g/mol. The molecule has 2 aromatic carbocycles. The summed E-state index contributed by atoms with van der Waals surface area (Å²) in [6.45, 7) is -0.798. The highest BCUT2D eigenvalue weighted by Crippen LogP contribution is 2.07. The zero-order valence-electron chi connectivity index (χ0n) is 21.1. The number of nitrogens with one attached hydrogen (secondary N) is 4. The fourth-order valence-electron chi connectivity index (χ4n) is 3.85. The van der Waals surface area contributed by atoms with E-state index >= 15 is 0 Å². The zero-order chi connectivity index (χ0) is 28.2. The van der Waals surface area contributed by atoms with Gasteiger partial charge in [0.15, 0.2) is 0 Å². The van der Waals surface area contributed by atoms with Gasteiger partial charge in [-0.3, -0.25) is 14.4 Å². The van der Waals surface area contributed by atoms with Gasteiger partial charge in [-0.25, -0.2) is 9.78 Å². The van der Waals surface area contributed by atoms with E-state index < -0.39 is 54.5 Å². The van der Waals surface area contributed by atoms with Crippen LogP contribution in [0.4, 0.5) is 0 Å². The number of H-pyrrole nitrogens is 1. The monoisotopic (exact) mass is 536 g/mol. The van der Waals surface area contributed by atoms with Crippen molar-refractivity contribution in [2.75, 3.05) is 6.61 Å². The second-order valence-corrected chi connectivity index (χ2v) is 8.97. The molecule has 0 aliphatic rings. The number of carboxylic acid groups (broad SMARTS) is 1. The summed E-state index contributed by atoms with van der Waals surface area (Å²) in [5.41, 5.74) is 8.16. The van der Waals surface area contributed by atoms with E-state index in [0.29, 0.717) is 5.69 Å². The van der Waals surface area contributed by atoms with E-state index in [9.17, 15) is 29.4 Å². The molecule has 0 bridgehead atoms. The third-order valence-corrected chi connectivity index (χ3v) is 5.96. The molecule has 1 aromatic heterocycles. The number of aromatic amines is 1. The number of nitrogens with zero attached hydrogens (tertiary/aromatic N) is 1. The smallest absolute Gasteiger partial charge is 0.326 e. The van der Waals surface area contributed by atoms with Gasteiger partial charge in [0.25, 0.3) is 0 Å². The number of benzene rings is 2. The highest BCUT2D eigenvalue weighted by atomic mass is 16.4. The number of rotatable bonds is 14. The number of hydrogen-bond acceptors (Lipinski definition) is 7. The lowest BCUT2D eigenvalue weighted by Gasteiger charge is -2.24. The van der Waals surface area contributed by atoms with Crippen LogP contribution in [0.2, 0.25) is 0 Å². The number of amides is 3. The van der Waals surface area contributed by atoms with Crippen LogP contribution in [0, 0.1) is 0 Å². The van der Waals surface area contributed by atoms with Crippen LogP contribution in [0.3, 0.4) is 0 Å². The van der Waals surface area contributed by atoms with Crippen LogP contribution in [0.15, 0.2) is 73.2 Å². The van der Waals surface area contributed by atoms with Gasteiger partial charge in [0, 0.05) is 24.7 Å². The quantitative estimate of drug-likeness (QED) is 0.140. The molecule has 0 radical (unpaired) electrons. The summed E-state index contributed by atoms with van der Waals surface area (Å²) in [7, 11) is 0. The molecule has 0 spiro atoms. The highest BCUT2D eigenvalue weighted by Gasteiger charge is 2.30. The third-order valence-electron chi connectivity index (χ3n) is 5.96. The van der Waals surface area contributed by atoms with Gasteiger partial charge in [-0.05, 0) is 17.5 Å². The number of carbonyl (C=O) groups excluding carboxylic acids is 3. The Hall–Kier alpha value is -4.55. The molecule has 12 heteroatoms. The fourth-order valence-corrected chi connectivity index (χ4v) is 3.85. The maximum atomic E-state index is 13.2. The Morgan fingerprint density at radius 2 is 1.31 bits per heavy atom. The van der Waals surface area contributed by atoms with Gasteiger partial charge in [-0.15, -0.1) is 0 Å². The molecule has 0 saturated carbocycles.